The number of pyridine rings is 1. The molecule has 176 valence electrons. The van der Waals surface area contributed by atoms with Crippen molar-refractivity contribution < 1.29 is 28.5 Å². The molecule has 9 heteroatoms. The summed E-state index contributed by atoms with van der Waals surface area (Å²) in [6.45, 7) is 2.09. The van der Waals surface area contributed by atoms with Crippen molar-refractivity contribution >= 4 is 34.4 Å². The zero-order valence-corrected chi connectivity index (χ0v) is 19.4. The van der Waals surface area contributed by atoms with Crippen molar-refractivity contribution in [3.05, 3.63) is 64.8 Å². The predicted octanol–water partition coefficient (Wildman–Crippen LogP) is 3.77. The maximum atomic E-state index is 13.3. The molecule has 0 radical (unpaired) electrons. The number of aromatic nitrogens is 1. The molecule has 2 aliphatic heterocycles. The van der Waals surface area contributed by atoms with E-state index in [1.807, 2.05) is 42.5 Å². The molecule has 0 bridgehead atoms. The fraction of sp³-hybridized carbons (Fsp3) is 0.320. The lowest BCUT2D eigenvalue weighted by atomic mass is 9.80. The van der Waals surface area contributed by atoms with Crippen LogP contribution in [0.15, 0.2) is 48.5 Å². The van der Waals surface area contributed by atoms with Gasteiger partial charge in [0, 0.05) is 23.4 Å². The Bertz CT molecular complexity index is 1250. The van der Waals surface area contributed by atoms with Gasteiger partial charge >= 0.3 is 11.9 Å². The Morgan fingerprint density at radius 3 is 2.56 bits per heavy atom. The van der Waals surface area contributed by atoms with Crippen LogP contribution in [0.1, 0.15) is 30.0 Å². The van der Waals surface area contributed by atoms with E-state index in [1.165, 1.54) is 7.11 Å². The van der Waals surface area contributed by atoms with Crippen molar-refractivity contribution in [3.63, 3.8) is 0 Å². The maximum absolute atomic E-state index is 13.3. The Kier molecular flexibility index (Phi) is 6.02. The molecule has 0 aliphatic carbocycles. The minimum absolute atomic E-state index is 0.132. The zero-order chi connectivity index (χ0) is 23.8. The molecular formula is C25H23ClN2O6. The molecule has 3 aromatic rings. The number of carbonyl (C=O) groups excluding carboxylic acids is 2. The fourth-order valence-corrected chi connectivity index (χ4v) is 5.08. The summed E-state index contributed by atoms with van der Waals surface area (Å²) < 4.78 is 21.5. The second kappa shape index (κ2) is 9.12. The van der Waals surface area contributed by atoms with Crippen LogP contribution < -0.4 is 14.8 Å². The largest absolute Gasteiger partial charge is 0.468 e. The molecule has 4 atom stereocenters. The number of rotatable bonds is 5. The molecule has 34 heavy (non-hydrogen) atoms. The Hall–Kier alpha value is -3.36. The molecule has 1 saturated heterocycles. The van der Waals surface area contributed by atoms with Crippen molar-refractivity contribution in [2.75, 3.05) is 20.5 Å². The topological polar surface area (TPSA) is 96.0 Å². The molecule has 0 spiro atoms. The lowest BCUT2D eigenvalue weighted by Crippen LogP contribution is -2.37. The molecule has 2 aliphatic rings. The third-order valence-electron chi connectivity index (χ3n) is 6.29. The lowest BCUT2D eigenvalue weighted by molar-refractivity contribution is -0.149. The summed E-state index contributed by atoms with van der Waals surface area (Å²) in [6.07, 6.45) is 0. The van der Waals surface area contributed by atoms with Gasteiger partial charge in [-0.15, -0.1) is 0 Å². The molecule has 1 fully saturated rings. The van der Waals surface area contributed by atoms with Crippen LogP contribution in [0.2, 0.25) is 5.15 Å². The van der Waals surface area contributed by atoms with Crippen LogP contribution in [0.4, 0.5) is 0 Å². The van der Waals surface area contributed by atoms with Crippen molar-refractivity contribution in [1.29, 1.82) is 0 Å². The number of hydrogen-bond acceptors (Lipinski definition) is 8. The van der Waals surface area contributed by atoms with Gasteiger partial charge in [-0.3, -0.25) is 14.9 Å². The maximum Gasteiger partial charge on any atom is 0.323 e. The number of hydrogen-bond donors (Lipinski definition) is 1. The summed E-state index contributed by atoms with van der Waals surface area (Å²) in [4.78, 5) is 30.7. The Morgan fingerprint density at radius 1 is 1.12 bits per heavy atom. The number of esters is 2. The normalized spacial score (nSPS) is 23.1. The molecule has 8 nitrogen and oxygen atoms in total. The minimum Gasteiger partial charge on any atom is -0.468 e. The predicted molar refractivity (Wildman–Crippen MR) is 124 cm³/mol. The highest BCUT2D eigenvalue weighted by atomic mass is 35.5. The summed E-state index contributed by atoms with van der Waals surface area (Å²) in [6, 6.07) is 13.5. The number of fused-ring (bicyclic) bond motifs is 2. The van der Waals surface area contributed by atoms with Crippen molar-refractivity contribution in [2.24, 2.45) is 5.92 Å². The molecule has 1 aromatic heterocycles. The first-order valence-electron chi connectivity index (χ1n) is 11.0. The van der Waals surface area contributed by atoms with Gasteiger partial charge in [0.1, 0.15) is 11.2 Å². The molecule has 3 heterocycles. The molecule has 0 amide bonds. The van der Waals surface area contributed by atoms with E-state index in [4.69, 9.17) is 30.5 Å². The van der Waals surface area contributed by atoms with Crippen molar-refractivity contribution in [2.45, 2.75) is 24.9 Å². The van der Waals surface area contributed by atoms with Crippen LogP contribution in [-0.4, -0.2) is 43.5 Å². The highest BCUT2D eigenvalue weighted by Gasteiger charge is 2.52. The van der Waals surface area contributed by atoms with Crippen LogP contribution in [0.25, 0.3) is 10.9 Å². The molecule has 1 N–H and O–H groups in total. The molecule has 5 rings (SSSR count). The number of carbonyl (C=O) groups is 2. The molecule has 2 aromatic carbocycles. The fourth-order valence-electron chi connectivity index (χ4n) is 4.81. The standard InChI is InChI=1S/C25H23ClN2O6/c1-3-32-24(29)20-19(22(25(30)31-2)28-21(20)13-7-5-4-6-8-13)15-9-14-10-17-18(34-12-33-17)11-16(14)27-23(15)26/h4-11,19-22,28H,3,12H2,1-2H3/t19-,20-,21-,22-/m1/s1. The number of methoxy groups -OCH3 is 1. The highest BCUT2D eigenvalue weighted by Crippen LogP contribution is 2.47. The molecular weight excluding hydrogens is 460 g/mol. The Balaban J connectivity index is 1.67. The zero-order valence-electron chi connectivity index (χ0n) is 18.6. The van der Waals surface area contributed by atoms with E-state index < -0.39 is 35.9 Å². The van der Waals surface area contributed by atoms with Crippen LogP contribution in [-0.2, 0) is 19.1 Å². The highest BCUT2D eigenvalue weighted by molar-refractivity contribution is 6.30. The molecule has 0 saturated carbocycles. The minimum atomic E-state index is -0.838. The first-order valence-corrected chi connectivity index (χ1v) is 11.3. The van der Waals surface area contributed by atoms with Crippen LogP contribution in [0.5, 0.6) is 11.5 Å². The van der Waals surface area contributed by atoms with E-state index in [-0.39, 0.29) is 18.6 Å². The third-order valence-corrected chi connectivity index (χ3v) is 6.59. The Morgan fingerprint density at radius 2 is 1.85 bits per heavy atom. The summed E-state index contributed by atoms with van der Waals surface area (Å²) in [5, 5.41) is 4.24. The summed E-state index contributed by atoms with van der Waals surface area (Å²) >= 11 is 6.67. The van der Waals surface area contributed by atoms with Crippen LogP contribution in [0.3, 0.4) is 0 Å². The second-order valence-electron chi connectivity index (χ2n) is 8.13. The number of benzene rings is 2. The number of ether oxygens (including phenoxy) is 4. The first-order chi connectivity index (χ1) is 16.5. The number of halogens is 1. The van der Waals surface area contributed by atoms with E-state index in [2.05, 4.69) is 10.3 Å². The van der Waals surface area contributed by atoms with Crippen LogP contribution in [0, 0.1) is 5.92 Å². The van der Waals surface area contributed by atoms with E-state index in [9.17, 15) is 9.59 Å². The average Bonchev–Trinajstić information content (AvgIpc) is 3.47. The van der Waals surface area contributed by atoms with Gasteiger partial charge in [-0.2, -0.15) is 0 Å². The van der Waals surface area contributed by atoms with Crippen LogP contribution >= 0.6 is 11.6 Å². The first kappa shape index (κ1) is 22.4. The van der Waals surface area contributed by atoms with Gasteiger partial charge in [0.25, 0.3) is 0 Å². The molecule has 0 unspecified atom stereocenters. The van der Waals surface area contributed by atoms with E-state index in [1.54, 1.807) is 13.0 Å². The van der Waals surface area contributed by atoms with Gasteiger partial charge in [-0.25, -0.2) is 4.98 Å². The number of nitrogens with one attached hydrogen (secondary N) is 1. The second-order valence-corrected chi connectivity index (χ2v) is 8.48. The van der Waals surface area contributed by atoms with Gasteiger partial charge in [-0.05, 0) is 30.2 Å². The third kappa shape index (κ3) is 3.82. The van der Waals surface area contributed by atoms with Crippen molar-refractivity contribution in [3.8, 4) is 11.5 Å². The van der Waals surface area contributed by atoms with E-state index >= 15 is 0 Å². The van der Waals surface area contributed by atoms with Gasteiger partial charge in [0.15, 0.2) is 11.5 Å². The van der Waals surface area contributed by atoms with Gasteiger partial charge < -0.3 is 18.9 Å². The van der Waals surface area contributed by atoms with Gasteiger partial charge in [0.2, 0.25) is 6.79 Å². The summed E-state index contributed by atoms with van der Waals surface area (Å²) in [7, 11) is 1.32. The smallest absolute Gasteiger partial charge is 0.323 e. The summed E-state index contributed by atoms with van der Waals surface area (Å²) in [5.74, 6) is -1.15. The van der Waals surface area contributed by atoms with Gasteiger partial charge in [0.05, 0.1) is 25.2 Å². The monoisotopic (exact) mass is 482 g/mol. The number of nitrogens with zero attached hydrogens (tertiary/aromatic N) is 1. The van der Waals surface area contributed by atoms with E-state index in [0.29, 0.717) is 22.6 Å². The average molecular weight is 483 g/mol. The van der Waals surface area contributed by atoms with Gasteiger partial charge in [-0.1, -0.05) is 41.9 Å². The SMILES string of the molecule is CCOC(=O)[C@@H]1[C@@H](c2cc3cc4c(cc3nc2Cl)OCO4)[C@H](C(=O)OC)N[C@@H]1c1ccccc1. The van der Waals surface area contributed by atoms with Crippen molar-refractivity contribution in [1.82, 2.24) is 10.3 Å². The van der Waals surface area contributed by atoms with E-state index in [0.717, 1.165) is 10.9 Å². The lowest BCUT2D eigenvalue weighted by Gasteiger charge is -2.24. The quantitative estimate of drug-likeness (QED) is 0.433. The Labute approximate surface area is 201 Å². The summed E-state index contributed by atoms with van der Waals surface area (Å²) in [5.41, 5.74) is 2.02.